The van der Waals surface area contributed by atoms with Crippen LogP contribution < -0.4 is 10.1 Å². The van der Waals surface area contributed by atoms with Crippen LogP contribution in [0.15, 0.2) is 36.5 Å². The summed E-state index contributed by atoms with van der Waals surface area (Å²) in [7, 11) is 1.94. The van der Waals surface area contributed by atoms with Crippen LogP contribution in [0.25, 0.3) is 10.9 Å². The molecule has 1 N–H and O–H groups in total. The predicted molar refractivity (Wildman–Crippen MR) is 65.8 cm³/mol. The van der Waals surface area contributed by atoms with E-state index in [-0.39, 0.29) is 0 Å². The van der Waals surface area contributed by atoms with Gasteiger partial charge in [0.25, 0.3) is 0 Å². The summed E-state index contributed by atoms with van der Waals surface area (Å²) < 4.78 is 5.61. The molecule has 0 saturated carbocycles. The Hall–Kier alpha value is -1.61. The third-order valence-electron chi connectivity index (χ3n) is 2.41. The van der Waals surface area contributed by atoms with E-state index in [1.165, 1.54) is 0 Å². The molecule has 0 radical (unpaired) electrons. The van der Waals surface area contributed by atoms with Crippen molar-refractivity contribution in [2.24, 2.45) is 0 Å². The predicted octanol–water partition coefficient (Wildman–Crippen LogP) is 2.22. The first-order chi connectivity index (χ1) is 7.90. The Morgan fingerprint density at radius 3 is 3.06 bits per heavy atom. The highest BCUT2D eigenvalue weighted by Crippen LogP contribution is 2.17. The van der Waals surface area contributed by atoms with Gasteiger partial charge in [0, 0.05) is 5.39 Å². The largest absolute Gasteiger partial charge is 0.492 e. The van der Waals surface area contributed by atoms with E-state index in [4.69, 9.17) is 4.74 Å². The summed E-state index contributed by atoms with van der Waals surface area (Å²) in [5.41, 5.74) is 1.00. The van der Waals surface area contributed by atoms with E-state index in [1.54, 1.807) is 6.20 Å². The third-order valence-corrected chi connectivity index (χ3v) is 2.41. The summed E-state index contributed by atoms with van der Waals surface area (Å²) in [5.74, 6) is 0.842. The van der Waals surface area contributed by atoms with Crippen LogP contribution in [0.1, 0.15) is 6.42 Å². The maximum Gasteiger partial charge on any atom is 0.138 e. The van der Waals surface area contributed by atoms with Crippen molar-refractivity contribution in [3.05, 3.63) is 36.5 Å². The second-order valence-electron chi connectivity index (χ2n) is 3.67. The van der Waals surface area contributed by atoms with Crippen LogP contribution in [-0.4, -0.2) is 25.2 Å². The van der Waals surface area contributed by atoms with E-state index in [2.05, 4.69) is 10.3 Å². The molecule has 3 heteroatoms. The van der Waals surface area contributed by atoms with Crippen molar-refractivity contribution in [2.75, 3.05) is 20.2 Å². The Kier molecular flexibility index (Phi) is 3.72. The van der Waals surface area contributed by atoms with Gasteiger partial charge in [-0.3, -0.25) is 4.98 Å². The van der Waals surface area contributed by atoms with E-state index in [0.717, 1.165) is 36.2 Å². The van der Waals surface area contributed by atoms with Crippen LogP contribution in [0, 0.1) is 0 Å². The van der Waals surface area contributed by atoms with Crippen molar-refractivity contribution >= 4 is 10.9 Å². The van der Waals surface area contributed by atoms with Crippen molar-refractivity contribution in [1.29, 1.82) is 0 Å². The maximum atomic E-state index is 5.61. The number of pyridine rings is 1. The van der Waals surface area contributed by atoms with Gasteiger partial charge >= 0.3 is 0 Å². The van der Waals surface area contributed by atoms with Crippen LogP contribution in [0.4, 0.5) is 0 Å². The lowest BCUT2D eigenvalue weighted by molar-refractivity contribution is 0.309. The lowest BCUT2D eigenvalue weighted by Gasteiger charge is -2.06. The summed E-state index contributed by atoms with van der Waals surface area (Å²) in [5, 5.41) is 4.21. The van der Waals surface area contributed by atoms with Gasteiger partial charge in [0.05, 0.1) is 18.3 Å². The Labute approximate surface area is 95.5 Å². The lowest BCUT2D eigenvalue weighted by Crippen LogP contribution is -2.11. The fourth-order valence-electron chi connectivity index (χ4n) is 1.57. The maximum absolute atomic E-state index is 5.61. The van der Waals surface area contributed by atoms with Crippen LogP contribution in [0.3, 0.4) is 0 Å². The molecule has 3 nitrogen and oxygen atoms in total. The molecule has 0 unspecified atom stereocenters. The molecule has 0 atom stereocenters. The van der Waals surface area contributed by atoms with Crippen molar-refractivity contribution in [1.82, 2.24) is 10.3 Å². The Balaban J connectivity index is 2.02. The molecular weight excluding hydrogens is 200 g/mol. The Morgan fingerprint density at radius 1 is 1.31 bits per heavy atom. The molecule has 0 bridgehead atoms. The molecule has 0 aliphatic carbocycles. The van der Waals surface area contributed by atoms with E-state index in [9.17, 15) is 0 Å². The highest BCUT2D eigenvalue weighted by Gasteiger charge is 1.97. The van der Waals surface area contributed by atoms with E-state index in [0.29, 0.717) is 0 Å². The smallest absolute Gasteiger partial charge is 0.138 e. The van der Waals surface area contributed by atoms with Gasteiger partial charge in [-0.05, 0) is 32.1 Å². The number of rotatable bonds is 5. The minimum Gasteiger partial charge on any atom is -0.492 e. The zero-order valence-corrected chi connectivity index (χ0v) is 9.44. The van der Waals surface area contributed by atoms with Gasteiger partial charge in [0.2, 0.25) is 0 Å². The number of ether oxygens (including phenoxy) is 1. The van der Waals surface area contributed by atoms with Gasteiger partial charge in [0.15, 0.2) is 0 Å². The second kappa shape index (κ2) is 5.47. The third kappa shape index (κ3) is 2.70. The Bertz CT molecular complexity index is 456. The molecule has 2 rings (SSSR count). The van der Waals surface area contributed by atoms with E-state index in [1.807, 2.05) is 37.4 Å². The SMILES string of the molecule is CNCCCOc1cnc2ccccc2c1. The molecule has 0 saturated heterocycles. The molecule has 1 aromatic heterocycles. The Morgan fingerprint density at radius 2 is 2.19 bits per heavy atom. The van der Waals surface area contributed by atoms with Crippen LogP contribution in [0.2, 0.25) is 0 Å². The van der Waals surface area contributed by atoms with Crippen LogP contribution in [0.5, 0.6) is 5.75 Å². The summed E-state index contributed by atoms with van der Waals surface area (Å²) in [6.07, 6.45) is 2.78. The number of hydrogen-bond acceptors (Lipinski definition) is 3. The van der Waals surface area contributed by atoms with Gasteiger partial charge in [-0.25, -0.2) is 0 Å². The standard InChI is InChI=1S/C13H16N2O/c1-14-7-4-8-16-12-9-11-5-2-3-6-13(11)15-10-12/h2-3,5-6,9-10,14H,4,7-8H2,1H3. The number of aromatic nitrogens is 1. The fraction of sp³-hybridized carbons (Fsp3) is 0.308. The summed E-state index contributed by atoms with van der Waals surface area (Å²) in [6.45, 7) is 1.70. The molecule has 16 heavy (non-hydrogen) atoms. The average molecular weight is 216 g/mol. The zero-order valence-electron chi connectivity index (χ0n) is 9.44. The van der Waals surface area contributed by atoms with Crippen molar-refractivity contribution in [3.8, 4) is 5.75 Å². The fourth-order valence-corrected chi connectivity index (χ4v) is 1.57. The minimum absolute atomic E-state index is 0.723. The number of para-hydroxylation sites is 1. The van der Waals surface area contributed by atoms with E-state index >= 15 is 0 Å². The summed E-state index contributed by atoms with van der Waals surface area (Å²) in [4.78, 5) is 4.34. The van der Waals surface area contributed by atoms with Gasteiger partial charge in [-0.2, -0.15) is 0 Å². The number of benzene rings is 1. The summed E-state index contributed by atoms with van der Waals surface area (Å²) >= 11 is 0. The normalized spacial score (nSPS) is 10.6. The first-order valence-electron chi connectivity index (χ1n) is 5.52. The molecule has 1 heterocycles. The van der Waals surface area contributed by atoms with Crippen molar-refractivity contribution in [3.63, 3.8) is 0 Å². The minimum atomic E-state index is 0.723. The average Bonchev–Trinajstić information content (AvgIpc) is 2.34. The summed E-state index contributed by atoms with van der Waals surface area (Å²) in [6, 6.07) is 10.1. The van der Waals surface area contributed by atoms with Crippen molar-refractivity contribution < 1.29 is 4.74 Å². The lowest BCUT2D eigenvalue weighted by atomic mass is 10.2. The molecule has 2 aromatic rings. The van der Waals surface area contributed by atoms with E-state index < -0.39 is 0 Å². The van der Waals surface area contributed by atoms with Crippen LogP contribution >= 0.6 is 0 Å². The topological polar surface area (TPSA) is 34.1 Å². The molecule has 1 aromatic carbocycles. The highest BCUT2D eigenvalue weighted by atomic mass is 16.5. The number of nitrogens with zero attached hydrogens (tertiary/aromatic N) is 1. The highest BCUT2D eigenvalue weighted by molar-refractivity contribution is 5.79. The molecule has 0 aliphatic heterocycles. The van der Waals surface area contributed by atoms with Gasteiger partial charge in [-0.15, -0.1) is 0 Å². The first-order valence-corrected chi connectivity index (χ1v) is 5.52. The number of hydrogen-bond donors (Lipinski definition) is 1. The zero-order chi connectivity index (χ0) is 11.2. The first kappa shape index (κ1) is 10.9. The quantitative estimate of drug-likeness (QED) is 0.778. The molecule has 84 valence electrons. The number of fused-ring (bicyclic) bond motifs is 1. The monoisotopic (exact) mass is 216 g/mol. The molecule has 0 spiro atoms. The molecule has 0 amide bonds. The van der Waals surface area contributed by atoms with Gasteiger partial charge < -0.3 is 10.1 Å². The van der Waals surface area contributed by atoms with Crippen molar-refractivity contribution in [2.45, 2.75) is 6.42 Å². The molecule has 0 aliphatic rings. The van der Waals surface area contributed by atoms with Crippen LogP contribution in [-0.2, 0) is 0 Å². The molecular formula is C13H16N2O. The van der Waals surface area contributed by atoms with Gasteiger partial charge in [-0.1, -0.05) is 18.2 Å². The number of nitrogens with one attached hydrogen (secondary N) is 1. The van der Waals surface area contributed by atoms with Gasteiger partial charge in [0.1, 0.15) is 5.75 Å². The second-order valence-corrected chi connectivity index (χ2v) is 3.67. The molecule has 0 fully saturated rings.